The third kappa shape index (κ3) is 4.74. The number of carbonyl (C=O) groups excluding carboxylic acids is 1. The lowest BCUT2D eigenvalue weighted by Crippen LogP contribution is -2.13. The standard InChI is InChI=1S/C19H20N2O2S2/c1-3-13-5-7-14(8-6-13)20-18(22)12-24-19-21-16-10-9-15(23-4-2)11-17(16)25-19/h5-11H,3-4,12H2,1-2H3,(H,20,22). The molecule has 4 nitrogen and oxygen atoms in total. The summed E-state index contributed by atoms with van der Waals surface area (Å²) in [6.07, 6.45) is 0.993. The Labute approximate surface area is 155 Å². The predicted octanol–water partition coefficient (Wildman–Crippen LogP) is 4.99. The Balaban J connectivity index is 1.58. The topological polar surface area (TPSA) is 51.2 Å². The van der Waals surface area contributed by atoms with Crippen LogP contribution in [-0.4, -0.2) is 23.3 Å². The molecule has 0 fully saturated rings. The van der Waals surface area contributed by atoms with Crippen LogP contribution < -0.4 is 10.1 Å². The summed E-state index contributed by atoms with van der Waals surface area (Å²) in [4.78, 5) is 16.7. The second kappa shape index (κ2) is 8.36. The minimum atomic E-state index is -0.0245. The van der Waals surface area contributed by atoms with Gasteiger partial charge in [-0.2, -0.15) is 0 Å². The van der Waals surface area contributed by atoms with Crippen molar-refractivity contribution in [2.45, 2.75) is 24.6 Å². The van der Waals surface area contributed by atoms with Crippen LogP contribution in [0.25, 0.3) is 10.2 Å². The van der Waals surface area contributed by atoms with Gasteiger partial charge in [0.2, 0.25) is 5.91 Å². The van der Waals surface area contributed by atoms with Gasteiger partial charge in [0.1, 0.15) is 5.75 Å². The Kier molecular flexibility index (Phi) is 5.94. The van der Waals surface area contributed by atoms with Crippen LogP contribution in [0.5, 0.6) is 5.75 Å². The van der Waals surface area contributed by atoms with Gasteiger partial charge in [0.25, 0.3) is 0 Å². The normalized spacial score (nSPS) is 10.8. The SMILES string of the molecule is CCOc1ccc2nc(SCC(=O)Nc3ccc(CC)cc3)sc2c1. The van der Waals surface area contributed by atoms with Crippen molar-refractivity contribution in [2.75, 3.05) is 17.7 Å². The molecule has 3 aromatic rings. The molecule has 2 aromatic carbocycles. The first kappa shape index (κ1) is 17.8. The second-order valence-corrected chi connectivity index (χ2v) is 7.68. The number of nitrogens with one attached hydrogen (secondary N) is 1. The third-order valence-electron chi connectivity index (χ3n) is 3.62. The Bertz CT molecular complexity index is 859. The molecule has 0 aliphatic heterocycles. The number of thiazole rings is 1. The number of fused-ring (bicyclic) bond motifs is 1. The number of aryl methyl sites for hydroxylation is 1. The molecule has 1 aromatic heterocycles. The molecular weight excluding hydrogens is 352 g/mol. The number of hydrogen-bond donors (Lipinski definition) is 1. The average molecular weight is 373 g/mol. The Hall–Kier alpha value is -2.05. The van der Waals surface area contributed by atoms with Gasteiger partial charge < -0.3 is 10.1 Å². The third-order valence-corrected chi connectivity index (χ3v) is 5.79. The number of hydrogen-bond acceptors (Lipinski definition) is 5. The zero-order valence-electron chi connectivity index (χ0n) is 14.2. The highest BCUT2D eigenvalue weighted by atomic mass is 32.2. The average Bonchev–Trinajstić information content (AvgIpc) is 3.03. The molecule has 6 heteroatoms. The fraction of sp³-hybridized carbons (Fsp3) is 0.263. The van der Waals surface area contributed by atoms with E-state index in [-0.39, 0.29) is 5.91 Å². The van der Waals surface area contributed by atoms with Crippen molar-refractivity contribution in [3.05, 3.63) is 48.0 Å². The van der Waals surface area contributed by atoms with Crippen molar-refractivity contribution in [2.24, 2.45) is 0 Å². The van der Waals surface area contributed by atoms with Gasteiger partial charge in [-0.1, -0.05) is 30.8 Å². The first-order valence-corrected chi connectivity index (χ1v) is 10.0. The summed E-state index contributed by atoms with van der Waals surface area (Å²) in [5, 5.41) is 2.92. The lowest BCUT2D eigenvalue weighted by atomic mass is 10.1. The van der Waals surface area contributed by atoms with Crippen LogP contribution in [0.15, 0.2) is 46.8 Å². The van der Waals surface area contributed by atoms with Crippen molar-refractivity contribution in [3.63, 3.8) is 0 Å². The summed E-state index contributed by atoms with van der Waals surface area (Å²) in [7, 11) is 0. The molecule has 0 bridgehead atoms. The van der Waals surface area contributed by atoms with Gasteiger partial charge in [0, 0.05) is 5.69 Å². The first-order valence-electron chi connectivity index (χ1n) is 8.23. The van der Waals surface area contributed by atoms with E-state index in [1.807, 2.05) is 49.4 Å². The number of aromatic nitrogens is 1. The molecule has 1 heterocycles. The molecule has 0 aliphatic carbocycles. The number of ether oxygens (including phenoxy) is 1. The molecule has 1 N–H and O–H groups in total. The van der Waals surface area contributed by atoms with Crippen LogP contribution in [0.4, 0.5) is 5.69 Å². The lowest BCUT2D eigenvalue weighted by molar-refractivity contribution is -0.113. The van der Waals surface area contributed by atoms with Crippen LogP contribution in [0.3, 0.4) is 0 Å². The highest BCUT2D eigenvalue weighted by molar-refractivity contribution is 8.01. The largest absolute Gasteiger partial charge is 0.494 e. The Morgan fingerprint density at radius 2 is 2.00 bits per heavy atom. The molecular formula is C19H20N2O2S2. The Morgan fingerprint density at radius 1 is 1.20 bits per heavy atom. The minimum absolute atomic E-state index is 0.0245. The maximum Gasteiger partial charge on any atom is 0.234 e. The van der Waals surface area contributed by atoms with E-state index in [0.29, 0.717) is 12.4 Å². The van der Waals surface area contributed by atoms with E-state index in [2.05, 4.69) is 17.2 Å². The predicted molar refractivity (Wildman–Crippen MR) is 106 cm³/mol. The maximum atomic E-state index is 12.1. The highest BCUT2D eigenvalue weighted by Crippen LogP contribution is 2.31. The lowest BCUT2D eigenvalue weighted by Gasteiger charge is -2.05. The van der Waals surface area contributed by atoms with Crippen molar-refractivity contribution < 1.29 is 9.53 Å². The van der Waals surface area contributed by atoms with Gasteiger partial charge in [-0.15, -0.1) is 11.3 Å². The van der Waals surface area contributed by atoms with E-state index in [1.165, 1.54) is 17.3 Å². The highest BCUT2D eigenvalue weighted by Gasteiger charge is 2.09. The number of amides is 1. The molecule has 0 radical (unpaired) electrons. The van der Waals surface area contributed by atoms with E-state index in [9.17, 15) is 4.79 Å². The van der Waals surface area contributed by atoms with Gasteiger partial charge in [0.05, 0.1) is 22.6 Å². The van der Waals surface area contributed by atoms with Gasteiger partial charge in [-0.25, -0.2) is 4.98 Å². The first-order chi connectivity index (χ1) is 12.2. The number of nitrogens with zero attached hydrogens (tertiary/aromatic N) is 1. The van der Waals surface area contributed by atoms with Crippen molar-refractivity contribution in [1.82, 2.24) is 4.98 Å². The second-order valence-electron chi connectivity index (χ2n) is 5.43. The van der Waals surface area contributed by atoms with Crippen LogP contribution in [0.1, 0.15) is 19.4 Å². The molecule has 0 saturated heterocycles. The van der Waals surface area contributed by atoms with Crippen molar-refractivity contribution >= 4 is 44.9 Å². The number of carbonyl (C=O) groups is 1. The molecule has 1 amide bonds. The summed E-state index contributed by atoms with van der Waals surface area (Å²) in [6.45, 7) is 4.72. The molecule has 130 valence electrons. The molecule has 3 rings (SSSR count). The fourth-order valence-electron chi connectivity index (χ4n) is 2.35. The van der Waals surface area contributed by atoms with Crippen LogP contribution in [0.2, 0.25) is 0 Å². The van der Waals surface area contributed by atoms with Gasteiger partial charge in [-0.05, 0) is 49.2 Å². The van der Waals surface area contributed by atoms with E-state index in [1.54, 1.807) is 11.3 Å². The van der Waals surface area contributed by atoms with Crippen molar-refractivity contribution in [1.29, 1.82) is 0 Å². The van der Waals surface area contributed by atoms with E-state index < -0.39 is 0 Å². The summed E-state index contributed by atoms with van der Waals surface area (Å²) in [5.41, 5.74) is 3.02. The monoisotopic (exact) mass is 372 g/mol. The molecule has 0 saturated carbocycles. The van der Waals surface area contributed by atoms with Crippen LogP contribution in [-0.2, 0) is 11.2 Å². The maximum absolute atomic E-state index is 12.1. The summed E-state index contributed by atoms with van der Waals surface area (Å²) in [6, 6.07) is 13.8. The summed E-state index contributed by atoms with van der Waals surface area (Å²) >= 11 is 3.04. The number of thioether (sulfide) groups is 1. The van der Waals surface area contributed by atoms with E-state index >= 15 is 0 Å². The van der Waals surface area contributed by atoms with Gasteiger partial charge >= 0.3 is 0 Å². The quantitative estimate of drug-likeness (QED) is 0.594. The van der Waals surface area contributed by atoms with Crippen molar-refractivity contribution in [3.8, 4) is 5.75 Å². The van der Waals surface area contributed by atoms with Crippen LogP contribution in [0, 0.1) is 0 Å². The van der Waals surface area contributed by atoms with E-state index in [4.69, 9.17) is 4.74 Å². The fourth-order valence-corrected chi connectivity index (χ4v) is 4.25. The number of benzene rings is 2. The summed E-state index contributed by atoms with van der Waals surface area (Å²) < 4.78 is 7.47. The zero-order chi connectivity index (χ0) is 17.6. The smallest absolute Gasteiger partial charge is 0.234 e. The molecule has 0 unspecified atom stereocenters. The molecule has 0 atom stereocenters. The molecule has 25 heavy (non-hydrogen) atoms. The van der Waals surface area contributed by atoms with Gasteiger partial charge in [-0.3, -0.25) is 4.79 Å². The zero-order valence-corrected chi connectivity index (χ0v) is 15.9. The van der Waals surface area contributed by atoms with Gasteiger partial charge in [0.15, 0.2) is 4.34 Å². The number of anilines is 1. The molecule has 0 spiro atoms. The minimum Gasteiger partial charge on any atom is -0.494 e. The number of rotatable bonds is 7. The molecule has 0 aliphatic rings. The van der Waals surface area contributed by atoms with Crippen LogP contribution >= 0.6 is 23.1 Å². The summed E-state index contributed by atoms with van der Waals surface area (Å²) in [5.74, 6) is 1.17. The van der Waals surface area contributed by atoms with E-state index in [0.717, 1.165) is 32.4 Å². The Morgan fingerprint density at radius 3 is 2.72 bits per heavy atom.